The number of ether oxygens (including phenoxy) is 1. The molecule has 2 fully saturated rings. The van der Waals surface area contributed by atoms with E-state index < -0.39 is 9.84 Å². The van der Waals surface area contributed by atoms with E-state index in [-0.39, 0.29) is 38.6 Å². The quantitative estimate of drug-likeness (QED) is 0.753. The number of hydrogen-bond acceptors (Lipinski definition) is 4. The van der Waals surface area contributed by atoms with Crippen molar-refractivity contribution in [3.05, 3.63) is 17.7 Å². The molecule has 4 atom stereocenters. The Balaban J connectivity index is 1.96. The Morgan fingerprint density at radius 2 is 1.78 bits per heavy atom. The van der Waals surface area contributed by atoms with E-state index in [4.69, 9.17) is 4.74 Å². The lowest BCUT2D eigenvalue weighted by atomic mass is 9.43. The van der Waals surface area contributed by atoms with Crippen molar-refractivity contribution in [2.75, 3.05) is 12.9 Å². The summed E-state index contributed by atoms with van der Waals surface area (Å²) in [6.45, 7) is 9.30. The second-order valence-corrected chi connectivity index (χ2v) is 12.2. The van der Waals surface area contributed by atoms with Crippen molar-refractivity contribution in [3.63, 3.8) is 0 Å². The highest BCUT2D eigenvalue weighted by Crippen LogP contribution is 2.67. The molecule has 4 rings (SSSR count). The number of rotatable bonds is 1. The Morgan fingerprint density at radius 1 is 1.07 bits per heavy atom. The van der Waals surface area contributed by atoms with E-state index in [0.29, 0.717) is 11.7 Å². The fraction of sp³-hybridized carbons (Fsp3) is 0.727. The predicted molar refractivity (Wildman–Crippen MR) is 106 cm³/mol. The Kier molecular flexibility index (Phi) is 4.00. The second-order valence-electron chi connectivity index (χ2n) is 10.2. The van der Waals surface area contributed by atoms with Gasteiger partial charge < -0.3 is 9.84 Å². The number of hydrogen-bond donors (Lipinski definition) is 1. The lowest BCUT2D eigenvalue weighted by Crippen LogP contribution is -2.59. The molecule has 0 bridgehead atoms. The summed E-state index contributed by atoms with van der Waals surface area (Å²) in [6, 6.07) is 3.00. The molecule has 0 spiro atoms. The zero-order valence-corrected chi connectivity index (χ0v) is 17.9. The summed E-state index contributed by atoms with van der Waals surface area (Å²) < 4.78 is 32.2. The molecular formula is C22H32O4S. The van der Waals surface area contributed by atoms with E-state index in [1.807, 2.05) is 0 Å². The van der Waals surface area contributed by atoms with Gasteiger partial charge in [-0.15, -0.1) is 0 Å². The number of fused-ring (bicyclic) bond motifs is 5. The zero-order chi connectivity index (χ0) is 19.8. The normalized spacial score (nSPS) is 39.0. The molecule has 1 aromatic rings. The van der Waals surface area contributed by atoms with Gasteiger partial charge in [-0.05, 0) is 54.4 Å². The summed E-state index contributed by atoms with van der Waals surface area (Å²) in [5.74, 6) is 1.25. The van der Waals surface area contributed by atoms with Crippen LogP contribution in [-0.4, -0.2) is 26.4 Å². The van der Waals surface area contributed by atoms with Gasteiger partial charge in [-0.25, -0.2) is 8.42 Å². The summed E-state index contributed by atoms with van der Waals surface area (Å²) in [6.07, 6.45) is 5.54. The van der Waals surface area contributed by atoms with Gasteiger partial charge >= 0.3 is 0 Å². The Labute approximate surface area is 163 Å². The minimum Gasteiger partial charge on any atom is -0.508 e. The highest BCUT2D eigenvalue weighted by atomic mass is 32.2. The molecule has 0 amide bonds. The third-order valence-corrected chi connectivity index (χ3v) is 10.1. The molecular weight excluding hydrogens is 360 g/mol. The number of methoxy groups -OCH3 is 1. The summed E-state index contributed by atoms with van der Waals surface area (Å²) in [4.78, 5) is 0.273. The smallest absolute Gasteiger partial charge is 0.179 e. The van der Waals surface area contributed by atoms with Gasteiger partial charge in [0, 0.05) is 17.0 Å². The van der Waals surface area contributed by atoms with E-state index >= 15 is 0 Å². The van der Waals surface area contributed by atoms with Crippen molar-refractivity contribution in [3.8, 4) is 11.5 Å². The first-order valence-corrected chi connectivity index (χ1v) is 11.8. The summed E-state index contributed by atoms with van der Waals surface area (Å²) in [7, 11) is -1.91. The molecule has 150 valence electrons. The maximum absolute atomic E-state index is 13.3. The van der Waals surface area contributed by atoms with Crippen LogP contribution in [0.5, 0.6) is 11.5 Å². The fourth-order valence-corrected chi connectivity index (χ4v) is 9.49. The first-order valence-electron chi connectivity index (χ1n) is 10.1. The molecule has 27 heavy (non-hydrogen) atoms. The van der Waals surface area contributed by atoms with Gasteiger partial charge in [0.2, 0.25) is 0 Å². The van der Waals surface area contributed by atoms with Crippen molar-refractivity contribution < 1.29 is 18.3 Å². The third-order valence-electron chi connectivity index (χ3n) is 8.36. The van der Waals surface area contributed by atoms with Crippen LogP contribution >= 0.6 is 0 Å². The van der Waals surface area contributed by atoms with Crippen LogP contribution in [0.2, 0.25) is 0 Å². The average molecular weight is 393 g/mol. The minimum atomic E-state index is -3.47. The van der Waals surface area contributed by atoms with Crippen molar-refractivity contribution in [2.24, 2.45) is 22.7 Å². The maximum Gasteiger partial charge on any atom is 0.179 e. The molecule has 0 saturated heterocycles. The second kappa shape index (κ2) is 5.65. The van der Waals surface area contributed by atoms with Gasteiger partial charge in [-0.3, -0.25) is 0 Å². The maximum atomic E-state index is 13.3. The molecule has 1 aliphatic heterocycles. The van der Waals surface area contributed by atoms with Gasteiger partial charge in [-0.1, -0.05) is 34.1 Å². The number of phenols is 1. The predicted octanol–water partition coefficient (Wildman–Crippen LogP) is 4.69. The molecule has 1 heterocycles. The largest absolute Gasteiger partial charge is 0.508 e. The van der Waals surface area contributed by atoms with E-state index in [2.05, 4.69) is 27.7 Å². The molecule has 0 unspecified atom stereocenters. The number of aromatic hydroxyl groups is 1. The van der Waals surface area contributed by atoms with Gasteiger partial charge in [0.1, 0.15) is 11.5 Å². The third kappa shape index (κ3) is 2.49. The van der Waals surface area contributed by atoms with Crippen molar-refractivity contribution in [2.45, 2.75) is 70.1 Å². The van der Waals surface area contributed by atoms with E-state index in [0.717, 1.165) is 31.2 Å². The van der Waals surface area contributed by atoms with E-state index in [9.17, 15) is 13.5 Å². The first kappa shape index (κ1) is 19.1. The number of benzene rings is 1. The van der Waals surface area contributed by atoms with Crippen LogP contribution in [0.15, 0.2) is 17.0 Å². The SMILES string of the molecule is COc1cc(O)cc2c1[C@]1(C)CC[C@H]3C(C)(C)CCC[C@]3(C)[C@H]1CS2(=O)=O. The van der Waals surface area contributed by atoms with Crippen LogP contribution in [0.25, 0.3) is 0 Å². The van der Waals surface area contributed by atoms with Crippen molar-refractivity contribution in [1.82, 2.24) is 0 Å². The van der Waals surface area contributed by atoms with Gasteiger partial charge in [0.25, 0.3) is 0 Å². The molecule has 2 saturated carbocycles. The highest BCUT2D eigenvalue weighted by molar-refractivity contribution is 7.91. The van der Waals surface area contributed by atoms with E-state index in [1.165, 1.54) is 12.5 Å². The molecule has 2 aliphatic carbocycles. The van der Waals surface area contributed by atoms with Crippen LogP contribution in [-0.2, 0) is 15.3 Å². The van der Waals surface area contributed by atoms with E-state index in [1.54, 1.807) is 13.2 Å². The molecule has 1 aromatic carbocycles. The molecule has 0 radical (unpaired) electrons. The molecule has 3 aliphatic rings. The molecule has 0 aromatic heterocycles. The molecule has 5 heteroatoms. The lowest BCUT2D eigenvalue weighted by Gasteiger charge is -2.63. The Morgan fingerprint density at radius 3 is 2.44 bits per heavy atom. The molecule has 4 nitrogen and oxygen atoms in total. The molecule has 1 N–H and O–H groups in total. The van der Waals surface area contributed by atoms with Gasteiger partial charge in [0.05, 0.1) is 17.8 Å². The topological polar surface area (TPSA) is 63.6 Å². The van der Waals surface area contributed by atoms with Crippen molar-refractivity contribution >= 4 is 9.84 Å². The minimum absolute atomic E-state index is 0.00239. The summed E-state index contributed by atoms with van der Waals surface area (Å²) in [5.41, 5.74) is 0.792. The number of phenolic OH excluding ortho intramolecular Hbond substituents is 1. The average Bonchev–Trinajstić information content (AvgIpc) is 2.55. The van der Waals surface area contributed by atoms with Crippen LogP contribution < -0.4 is 4.74 Å². The van der Waals surface area contributed by atoms with Crippen LogP contribution in [0.4, 0.5) is 0 Å². The standard InChI is InChI=1S/C22H32O4S/c1-20(2)8-6-9-21(3)17(20)7-10-22(4)18(21)13-27(24,25)16-12-14(23)11-15(26-5)19(16)22/h11-12,17-18,23H,6-10,13H2,1-5H3/t17-,18+,21-,22+/m0/s1. The Hall–Kier alpha value is -1.23. The Bertz CT molecular complexity index is 888. The van der Waals surface area contributed by atoms with Gasteiger partial charge in [-0.2, -0.15) is 0 Å². The van der Waals surface area contributed by atoms with Crippen LogP contribution in [0.1, 0.15) is 65.4 Å². The summed E-state index contributed by atoms with van der Waals surface area (Å²) in [5, 5.41) is 10.1. The highest BCUT2D eigenvalue weighted by Gasteiger charge is 2.62. The summed E-state index contributed by atoms with van der Waals surface area (Å²) >= 11 is 0. The fourth-order valence-electron chi connectivity index (χ4n) is 7.18. The van der Waals surface area contributed by atoms with Crippen LogP contribution in [0, 0.1) is 22.7 Å². The monoisotopic (exact) mass is 392 g/mol. The van der Waals surface area contributed by atoms with Crippen molar-refractivity contribution in [1.29, 1.82) is 0 Å². The zero-order valence-electron chi connectivity index (χ0n) is 17.1. The lowest BCUT2D eigenvalue weighted by molar-refractivity contribution is -0.0984. The first-order chi connectivity index (χ1) is 12.5. The number of sulfone groups is 1. The van der Waals surface area contributed by atoms with Gasteiger partial charge in [0.15, 0.2) is 9.84 Å². The van der Waals surface area contributed by atoms with Crippen LogP contribution in [0.3, 0.4) is 0 Å².